The Kier molecular flexibility index (Phi) is 5.42. The van der Waals surface area contributed by atoms with Gasteiger partial charge in [0.1, 0.15) is 11.8 Å². The molecule has 0 bridgehead atoms. The average Bonchev–Trinajstić information content (AvgIpc) is 2.95. The van der Waals surface area contributed by atoms with E-state index in [1.165, 1.54) is 11.1 Å². The van der Waals surface area contributed by atoms with Gasteiger partial charge in [0.15, 0.2) is 6.61 Å². The van der Waals surface area contributed by atoms with Gasteiger partial charge in [-0.1, -0.05) is 12.1 Å². The van der Waals surface area contributed by atoms with Crippen molar-refractivity contribution in [1.29, 1.82) is 5.26 Å². The van der Waals surface area contributed by atoms with Crippen molar-refractivity contribution in [3.8, 4) is 11.8 Å². The highest BCUT2D eigenvalue weighted by atomic mass is 32.1. The molecule has 0 aliphatic rings. The van der Waals surface area contributed by atoms with Gasteiger partial charge in [0.2, 0.25) is 0 Å². The molecule has 0 amide bonds. The molecule has 0 saturated heterocycles. The monoisotopic (exact) mass is 272 g/mol. The Balaban J connectivity index is 1.74. The van der Waals surface area contributed by atoms with Crippen molar-refractivity contribution >= 4 is 11.3 Å². The molecule has 0 aliphatic carbocycles. The number of hydrogen-bond acceptors (Lipinski definition) is 4. The third-order valence-corrected chi connectivity index (χ3v) is 3.43. The molecule has 1 N–H and O–H groups in total. The maximum absolute atomic E-state index is 8.47. The van der Waals surface area contributed by atoms with Crippen LogP contribution in [0.4, 0.5) is 0 Å². The largest absolute Gasteiger partial charge is 0.479 e. The molecule has 2 rings (SSSR count). The smallest absolute Gasteiger partial charge is 0.174 e. The second kappa shape index (κ2) is 7.57. The van der Waals surface area contributed by atoms with Crippen molar-refractivity contribution in [3.05, 3.63) is 52.2 Å². The second-order valence-electron chi connectivity index (χ2n) is 4.15. The molecule has 98 valence electrons. The Morgan fingerprint density at radius 3 is 3.00 bits per heavy atom. The molecule has 0 radical (unpaired) electrons. The van der Waals surface area contributed by atoms with E-state index in [2.05, 4.69) is 28.2 Å². The van der Waals surface area contributed by atoms with E-state index in [9.17, 15) is 0 Å². The molecule has 1 aromatic heterocycles. The van der Waals surface area contributed by atoms with Crippen LogP contribution >= 0.6 is 11.3 Å². The highest BCUT2D eigenvalue weighted by Crippen LogP contribution is 2.13. The molecule has 1 heterocycles. The van der Waals surface area contributed by atoms with E-state index in [-0.39, 0.29) is 6.61 Å². The van der Waals surface area contributed by atoms with Crippen LogP contribution in [0.2, 0.25) is 0 Å². The average molecular weight is 272 g/mol. The molecule has 0 aliphatic heterocycles. The number of nitrogens with zero attached hydrogens (tertiary/aromatic N) is 1. The molecule has 2 aromatic rings. The van der Waals surface area contributed by atoms with Crippen LogP contribution in [0.5, 0.6) is 5.75 Å². The molecule has 1 aromatic carbocycles. The summed E-state index contributed by atoms with van der Waals surface area (Å²) in [7, 11) is 0. The zero-order chi connectivity index (χ0) is 13.3. The van der Waals surface area contributed by atoms with Gasteiger partial charge in [0.25, 0.3) is 0 Å². The van der Waals surface area contributed by atoms with Crippen LogP contribution in [0.25, 0.3) is 0 Å². The summed E-state index contributed by atoms with van der Waals surface area (Å²) in [4.78, 5) is 0. The van der Waals surface area contributed by atoms with E-state index in [4.69, 9.17) is 10.00 Å². The van der Waals surface area contributed by atoms with Crippen LogP contribution in [-0.4, -0.2) is 13.2 Å². The quantitative estimate of drug-likeness (QED) is 0.788. The molecule has 3 nitrogen and oxygen atoms in total. The van der Waals surface area contributed by atoms with Crippen molar-refractivity contribution in [2.75, 3.05) is 13.2 Å². The van der Waals surface area contributed by atoms with Gasteiger partial charge in [-0.3, -0.25) is 0 Å². The van der Waals surface area contributed by atoms with E-state index < -0.39 is 0 Å². The Morgan fingerprint density at radius 1 is 1.26 bits per heavy atom. The van der Waals surface area contributed by atoms with Crippen LogP contribution in [-0.2, 0) is 13.0 Å². The van der Waals surface area contributed by atoms with Crippen LogP contribution in [0.3, 0.4) is 0 Å². The number of thiophene rings is 1. The van der Waals surface area contributed by atoms with E-state index in [1.54, 1.807) is 11.3 Å². The lowest BCUT2D eigenvalue weighted by Gasteiger charge is -2.06. The lowest BCUT2D eigenvalue weighted by atomic mass is 10.2. The highest BCUT2D eigenvalue weighted by molar-refractivity contribution is 7.07. The summed E-state index contributed by atoms with van der Waals surface area (Å²) in [6.07, 6.45) is 1.05. The number of hydrogen-bond donors (Lipinski definition) is 1. The molecule has 4 heteroatoms. The van der Waals surface area contributed by atoms with Gasteiger partial charge < -0.3 is 10.1 Å². The zero-order valence-corrected chi connectivity index (χ0v) is 11.5. The molecular formula is C15H16N2OS. The van der Waals surface area contributed by atoms with Crippen LogP contribution in [0.1, 0.15) is 11.1 Å². The Morgan fingerprint density at radius 2 is 2.21 bits per heavy atom. The molecule has 0 unspecified atom stereocenters. The van der Waals surface area contributed by atoms with E-state index >= 15 is 0 Å². The first-order valence-corrected chi connectivity index (χ1v) is 7.13. The molecular weight excluding hydrogens is 256 g/mol. The summed E-state index contributed by atoms with van der Waals surface area (Å²) in [6.45, 7) is 1.86. The lowest BCUT2D eigenvalue weighted by Crippen LogP contribution is -2.16. The number of rotatable bonds is 7. The predicted octanol–water partition coefficient (Wildman–Crippen LogP) is 2.98. The molecule has 0 saturated carbocycles. The van der Waals surface area contributed by atoms with Gasteiger partial charge in [0.05, 0.1) is 0 Å². The fourth-order valence-electron chi connectivity index (χ4n) is 1.76. The molecule has 0 spiro atoms. The third-order valence-electron chi connectivity index (χ3n) is 2.70. The summed E-state index contributed by atoms with van der Waals surface area (Å²) >= 11 is 1.73. The molecule has 0 fully saturated rings. The minimum absolute atomic E-state index is 0.0923. The maximum Gasteiger partial charge on any atom is 0.174 e. The second-order valence-corrected chi connectivity index (χ2v) is 4.93. The van der Waals surface area contributed by atoms with E-state index in [1.807, 2.05) is 24.3 Å². The Hall–Kier alpha value is -1.83. The molecule has 19 heavy (non-hydrogen) atoms. The number of ether oxygens (including phenoxy) is 1. The fraction of sp³-hybridized carbons (Fsp3) is 0.267. The first-order valence-electron chi connectivity index (χ1n) is 6.19. The number of benzene rings is 1. The van der Waals surface area contributed by atoms with Gasteiger partial charge in [-0.2, -0.15) is 16.6 Å². The highest BCUT2D eigenvalue weighted by Gasteiger charge is 1.97. The van der Waals surface area contributed by atoms with Crippen molar-refractivity contribution in [3.63, 3.8) is 0 Å². The number of nitriles is 1. The van der Waals surface area contributed by atoms with Crippen LogP contribution in [0.15, 0.2) is 41.1 Å². The lowest BCUT2D eigenvalue weighted by molar-refractivity contribution is 0.367. The van der Waals surface area contributed by atoms with Crippen molar-refractivity contribution in [2.45, 2.75) is 13.0 Å². The van der Waals surface area contributed by atoms with Gasteiger partial charge in [-0.05, 0) is 53.1 Å². The summed E-state index contributed by atoms with van der Waals surface area (Å²) in [5, 5.41) is 16.2. The first-order chi connectivity index (χ1) is 9.38. The maximum atomic E-state index is 8.47. The zero-order valence-electron chi connectivity index (χ0n) is 10.6. The SMILES string of the molecule is N#CCOc1cccc(CNCCc2ccsc2)c1. The van der Waals surface area contributed by atoms with Gasteiger partial charge in [-0.25, -0.2) is 0 Å². The van der Waals surface area contributed by atoms with Gasteiger partial charge >= 0.3 is 0 Å². The van der Waals surface area contributed by atoms with Crippen molar-refractivity contribution in [1.82, 2.24) is 5.32 Å². The topological polar surface area (TPSA) is 45.0 Å². The number of nitrogens with one attached hydrogen (secondary N) is 1. The first kappa shape index (κ1) is 13.6. The van der Waals surface area contributed by atoms with Gasteiger partial charge in [-0.15, -0.1) is 0 Å². The summed E-state index contributed by atoms with van der Waals surface area (Å²) in [5.41, 5.74) is 2.55. The summed E-state index contributed by atoms with van der Waals surface area (Å²) in [5.74, 6) is 0.749. The molecule has 0 atom stereocenters. The Bertz CT molecular complexity index is 531. The standard InChI is InChI=1S/C15H16N2OS/c16-6-8-18-15-3-1-2-14(10-15)11-17-7-4-13-5-9-19-12-13/h1-3,5,9-10,12,17H,4,7-8,11H2. The Labute approximate surface area is 117 Å². The van der Waals surface area contributed by atoms with E-state index in [0.717, 1.165) is 25.3 Å². The minimum Gasteiger partial charge on any atom is -0.479 e. The third kappa shape index (κ3) is 4.74. The van der Waals surface area contributed by atoms with Crippen LogP contribution in [0, 0.1) is 11.3 Å². The van der Waals surface area contributed by atoms with Crippen LogP contribution < -0.4 is 10.1 Å². The van der Waals surface area contributed by atoms with E-state index in [0.29, 0.717) is 0 Å². The van der Waals surface area contributed by atoms with Crippen molar-refractivity contribution in [2.24, 2.45) is 0 Å². The van der Waals surface area contributed by atoms with Crippen molar-refractivity contribution < 1.29 is 4.74 Å². The summed E-state index contributed by atoms with van der Waals surface area (Å²) in [6, 6.07) is 12.0. The summed E-state index contributed by atoms with van der Waals surface area (Å²) < 4.78 is 5.27. The normalized spacial score (nSPS) is 10.1. The fourth-order valence-corrected chi connectivity index (χ4v) is 2.46. The predicted molar refractivity (Wildman–Crippen MR) is 77.3 cm³/mol. The van der Waals surface area contributed by atoms with Gasteiger partial charge in [0, 0.05) is 6.54 Å². The minimum atomic E-state index is 0.0923.